The van der Waals surface area contributed by atoms with Gasteiger partial charge in [-0.3, -0.25) is 4.79 Å². The van der Waals surface area contributed by atoms with Crippen LogP contribution in [0.3, 0.4) is 0 Å². The van der Waals surface area contributed by atoms with E-state index in [1.807, 2.05) is 12.1 Å². The highest BCUT2D eigenvalue weighted by atomic mass is 32.2. The highest BCUT2D eigenvalue weighted by Crippen LogP contribution is 2.27. The molecular formula is C18H14FNO3S2. The van der Waals surface area contributed by atoms with Gasteiger partial charge in [0.05, 0.1) is 18.2 Å². The zero-order chi connectivity index (χ0) is 17.8. The summed E-state index contributed by atoms with van der Waals surface area (Å²) in [5.41, 5.74) is 1.74. The number of carbonyl (C=O) groups excluding carboxylic acids is 1. The number of hydrogen-bond donors (Lipinski definition) is 0. The number of halogens is 1. The molecule has 4 nitrogen and oxygen atoms in total. The number of ether oxygens (including phenoxy) is 1. The number of thiazole rings is 1. The van der Waals surface area contributed by atoms with Crippen LogP contribution >= 0.6 is 23.1 Å². The van der Waals surface area contributed by atoms with Gasteiger partial charge >= 0.3 is 4.34 Å². The molecule has 0 bridgehead atoms. The van der Waals surface area contributed by atoms with E-state index in [1.54, 1.807) is 24.6 Å². The molecule has 0 spiro atoms. The van der Waals surface area contributed by atoms with Gasteiger partial charge in [-0.05, 0) is 60.3 Å². The van der Waals surface area contributed by atoms with E-state index in [0.717, 1.165) is 16.0 Å². The van der Waals surface area contributed by atoms with Gasteiger partial charge in [0, 0.05) is 11.1 Å². The summed E-state index contributed by atoms with van der Waals surface area (Å²) in [6.07, 6.45) is 0. The van der Waals surface area contributed by atoms with Crippen molar-refractivity contribution in [3.05, 3.63) is 70.5 Å². The first-order valence-electron chi connectivity index (χ1n) is 7.35. The summed E-state index contributed by atoms with van der Waals surface area (Å²) in [4.78, 5) is 12.1. The lowest BCUT2D eigenvalue weighted by atomic mass is 10.1. The smallest absolute Gasteiger partial charge is 0.309 e. The number of hydrogen-bond acceptors (Lipinski definition) is 5. The summed E-state index contributed by atoms with van der Waals surface area (Å²) in [6, 6.07) is 12.6. The molecule has 0 fully saturated rings. The highest BCUT2D eigenvalue weighted by Gasteiger charge is 2.19. The fraction of sp³-hybridized carbons (Fsp3) is 0.111. The van der Waals surface area contributed by atoms with Crippen LogP contribution in [0.25, 0.3) is 11.3 Å². The van der Waals surface area contributed by atoms with Crippen LogP contribution < -0.4 is 9.47 Å². The zero-order valence-electron chi connectivity index (χ0n) is 13.3. The van der Waals surface area contributed by atoms with E-state index in [2.05, 4.69) is 0 Å². The van der Waals surface area contributed by atoms with Crippen LogP contribution in [0.2, 0.25) is 0 Å². The third kappa shape index (κ3) is 4.00. The van der Waals surface area contributed by atoms with Crippen LogP contribution in [0.1, 0.15) is 10.4 Å². The average molecular weight is 375 g/mol. The van der Waals surface area contributed by atoms with E-state index in [4.69, 9.17) is 4.74 Å². The molecule has 0 saturated heterocycles. The maximum absolute atomic E-state index is 12.9. The maximum atomic E-state index is 12.9. The van der Waals surface area contributed by atoms with E-state index >= 15 is 0 Å². The molecule has 2 aromatic carbocycles. The Labute approximate surface area is 152 Å². The molecule has 3 aromatic rings. The highest BCUT2D eigenvalue weighted by molar-refractivity contribution is 8.01. The lowest BCUT2D eigenvalue weighted by molar-refractivity contribution is -0.626. The van der Waals surface area contributed by atoms with Crippen molar-refractivity contribution in [3.63, 3.8) is 0 Å². The Hall–Kier alpha value is -2.38. The van der Waals surface area contributed by atoms with Crippen molar-refractivity contribution in [2.75, 3.05) is 12.9 Å². The molecule has 7 heteroatoms. The maximum Gasteiger partial charge on any atom is 0.309 e. The molecule has 0 amide bonds. The molecular weight excluding hydrogens is 361 g/mol. The number of nitrogens with zero attached hydrogens (tertiary/aromatic N) is 1. The van der Waals surface area contributed by atoms with E-state index in [-0.39, 0.29) is 17.4 Å². The minimum absolute atomic E-state index is 0.121. The summed E-state index contributed by atoms with van der Waals surface area (Å²) in [7, 11) is 1.58. The Balaban J connectivity index is 1.70. The van der Waals surface area contributed by atoms with E-state index < -0.39 is 0 Å². The molecule has 0 aliphatic heterocycles. The van der Waals surface area contributed by atoms with Crippen molar-refractivity contribution >= 4 is 28.9 Å². The van der Waals surface area contributed by atoms with Crippen molar-refractivity contribution in [3.8, 4) is 17.0 Å². The minimum Gasteiger partial charge on any atom is -0.617 e. The third-order valence-electron chi connectivity index (χ3n) is 3.53. The molecule has 1 heterocycles. The number of ketones is 1. The number of rotatable bonds is 6. The monoisotopic (exact) mass is 375 g/mol. The Morgan fingerprint density at radius 1 is 1.20 bits per heavy atom. The SMILES string of the molecule is COc1ccc(-c2csc(SCC(=O)c3ccc(F)cc3)[n+]2[O-])cc1. The van der Waals surface area contributed by atoms with Crippen molar-refractivity contribution in [2.45, 2.75) is 4.34 Å². The van der Waals surface area contributed by atoms with Gasteiger partial charge in [-0.25, -0.2) is 4.39 Å². The van der Waals surface area contributed by atoms with Crippen molar-refractivity contribution in [1.29, 1.82) is 0 Å². The summed E-state index contributed by atoms with van der Waals surface area (Å²) in [5, 5.41) is 14.2. The molecule has 128 valence electrons. The summed E-state index contributed by atoms with van der Waals surface area (Å²) >= 11 is 2.47. The van der Waals surface area contributed by atoms with Crippen LogP contribution in [0.5, 0.6) is 5.75 Å². The first kappa shape index (κ1) is 17.4. The summed E-state index contributed by atoms with van der Waals surface area (Å²) in [5.74, 6) is 0.306. The molecule has 25 heavy (non-hydrogen) atoms. The Morgan fingerprint density at radius 3 is 2.52 bits per heavy atom. The van der Waals surface area contributed by atoms with Crippen LogP contribution in [-0.2, 0) is 0 Å². The van der Waals surface area contributed by atoms with Crippen LogP contribution in [-0.4, -0.2) is 18.6 Å². The van der Waals surface area contributed by atoms with Gasteiger partial charge in [0.25, 0.3) is 0 Å². The van der Waals surface area contributed by atoms with Gasteiger partial charge in [-0.1, -0.05) is 11.3 Å². The van der Waals surface area contributed by atoms with Gasteiger partial charge < -0.3 is 9.94 Å². The first-order chi connectivity index (χ1) is 12.1. The van der Waals surface area contributed by atoms with E-state index in [9.17, 15) is 14.4 Å². The standard InChI is InChI=1S/C18H14FNO3S2/c1-23-15-8-4-12(5-9-15)16-10-24-18(20(16)22)25-11-17(21)13-2-6-14(19)7-3-13/h2-10H,11H2,1H3. The fourth-order valence-corrected chi connectivity index (χ4v) is 4.05. The molecule has 0 N–H and O–H groups in total. The topological polar surface area (TPSA) is 53.2 Å². The Morgan fingerprint density at radius 2 is 1.88 bits per heavy atom. The lowest BCUT2D eigenvalue weighted by Gasteiger charge is -2.03. The number of benzene rings is 2. The molecule has 0 radical (unpaired) electrons. The first-order valence-corrected chi connectivity index (χ1v) is 9.22. The fourth-order valence-electron chi connectivity index (χ4n) is 2.19. The molecule has 0 unspecified atom stereocenters. The second kappa shape index (κ2) is 7.67. The number of aromatic nitrogens is 1. The molecule has 0 aliphatic rings. The van der Waals surface area contributed by atoms with Crippen LogP contribution in [0, 0.1) is 11.0 Å². The quantitative estimate of drug-likeness (QED) is 0.281. The van der Waals surface area contributed by atoms with Crippen molar-refractivity contribution < 1.29 is 18.7 Å². The Kier molecular flexibility index (Phi) is 5.35. The molecule has 1 aromatic heterocycles. The number of Topliss-reactive ketones (excluding diaryl/α,β-unsaturated/α-hetero) is 1. The van der Waals surface area contributed by atoms with Gasteiger partial charge in [0.15, 0.2) is 5.78 Å². The lowest BCUT2D eigenvalue weighted by Crippen LogP contribution is -2.28. The molecule has 0 atom stereocenters. The summed E-state index contributed by atoms with van der Waals surface area (Å²) < 4.78 is 19.3. The van der Waals surface area contributed by atoms with Gasteiger partial charge in [-0.2, -0.15) is 0 Å². The van der Waals surface area contributed by atoms with Gasteiger partial charge in [0.1, 0.15) is 11.6 Å². The van der Waals surface area contributed by atoms with Gasteiger partial charge in [-0.15, -0.1) is 4.73 Å². The van der Waals surface area contributed by atoms with E-state index in [0.29, 0.717) is 15.6 Å². The van der Waals surface area contributed by atoms with Crippen LogP contribution in [0.4, 0.5) is 4.39 Å². The number of carbonyl (C=O) groups is 1. The second-order valence-corrected chi connectivity index (χ2v) is 7.21. The predicted octanol–water partition coefficient (Wildman–Crippen LogP) is 4.17. The van der Waals surface area contributed by atoms with Crippen LogP contribution in [0.15, 0.2) is 58.3 Å². The largest absolute Gasteiger partial charge is 0.617 e. The van der Waals surface area contributed by atoms with E-state index in [1.165, 1.54) is 47.4 Å². The number of methoxy groups -OCH3 is 1. The zero-order valence-corrected chi connectivity index (χ0v) is 14.9. The molecule has 3 rings (SSSR count). The average Bonchev–Trinajstić information content (AvgIpc) is 3.01. The second-order valence-electron chi connectivity index (χ2n) is 5.13. The van der Waals surface area contributed by atoms with Crippen molar-refractivity contribution in [2.24, 2.45) is 0 Å². The number of thioether (sulfide) groups is 1. The van der Waals surface area contributed by atoms with Crippen molar-refractivity contribution in [1.82, 2.24) is 0 Å². The third-order valence-corrected chi connectivity index (χ3v) is 5.70. The summed E-state index contributed by atoms with van der Waals surface area (Å²) in [6.45, 7) is 0. The van der Waals surface area contributed by atoms with Gasteiger partial charge in [0.2, 0.25) is 5.69 Å². The normalized spacial score (nSPS) is 10.6. The Bertz CT molecular complexity index is 876. The minimum atomic E-state index is -0.385. The molecule has 0 aliphatic carbocycles. The molecule has 0 saturated carbocycles. The predicted molar refractivity (Wildman–Crippen MR) is 96.7 cm³/mol.